The van der Waals surface area contributed by atoms with Gasteiger partial charge in [0.05, 0.1) is 16.7 Å². The van der Waals surface area contributed by atoms with Crippen molar-refractivity contribution in [3.63, 3.8) is 0 Å². The number of fused-ring (bicyclic) bond motifs is 6. The highest BCUT2D eigenvalue weighted by atomic mass is 15.1. The van der Waals surface area contributed by atoms with Gasteiger partial charge in [0.2, 0.25) is 0 Å². The summed E-state index contributed by atoms with van der Waals surface area (Å²) in [6, 6.07) is 88.8. The Morgan fingerprint density at radius 3 is 1.38 bits per heavy atom. The van der Waals surface area contributed by atoms with Gasteiger partial charge < -0.3 is 9.47 Å². The molecule has 0 radical (unpaired) electrons. The fourth-order valence-electron chi connectivity index (χ4n) is 10.4. The first-order chi connectivity index (χ1) is 32.0. The van der Waals surface area contributed by atoms with Crippen LogP contribution in [0.15, 0.2) is 243 Å². The Balaban J connectivity index is 1.03. The zero-order valence-electron chi connectivity index (χ0n) is 36.5. The van der Waals surface area contributed by atoms with Gasteiger partial charge in [-0.2, -0.15) is 0 Å². The van der Waals surface area contributed by atoms with Gasteiger partial charge in [-0.3, -0.25) is 0 Å². The lowest BCUT2D eigenvalue weighted by molar-refractivity contribution is 0.660. The Morgan fingerprint density at radius 1 is 0.338 bits per heavy atom. The minimum absolute atomic E-state index is 0.200. The average molecular weight is 831 g/mol. The lowest BCUT2D eigenvalue weighted by Crippen LogP contribution is -2.15. The molecular formula is C63H46N2. The molecule has 11 aromatic rings. The molecule has 1 aromatic heterocycles. The van der Waals surface area contributed by atoms with E-state index in [0.717, 1.165) is 22.7 Å². The molecule has 65 heavy (non-hydrogen) atoms. The molecule has 1 heterocycles. The van der Waals surface area contributed by atoms with E-state index in [0.29, 0.717) is 0 Å². The molecule has 2 nitrogen and oxygen atoms in total. The molecule has 0 N–H and O–H groups in total. The van der Waals surface area contributed by atoms with Crippen molar-refractivity contribution >= 4 is 38.9 Å². The van der Waals surface area contributed by atoms with Crippen molar-refractivity contribution in [3.05, 3.63) is 254 Å². The van der Waals surface area contributed by atoms with Gasteiger partial charge in [0.25, 0.3) is 0 Å². The normalized spacial score (nSPS) is 12.6. The van der Waals surface area contributed by atoms with E-state index < -0.39 is 0 Å². The molecule has 10 aromatic carbocycles. The van der Waals surface area contributed by atoms with E-state index >= 15 is 0 Å². The Kier molecular flexibility index (Phi) is 9.21. The van der Waals surface area contributed by atoms with Gasteiger partial charge in [-0.05, 0) is 128 Å². The van der Waals surface area contributed by atoms with Crippen LogP contribution < -0.4 is 4.90 Å². The van der Waals surface area contributed by atoms with Crippen LogP contribution in [0.1, 0.15) is 25.0 Å². The van der Waals surface area contributed by atoms with E-state index in [1.54, 1.807) is 0 Å². The van der Waals surface area contributed by atoms with Crippen LogP contribution in [-0.4, -0.2) is 4.57 Å². The molecule has 0 aliphatic heterocycles. The maximum atomic E-state index is 2.47. The smallest absolute Gasteiger partial charge is 0.0541 e. The maximum Gasteiger partial charge on any atom is 0.0541 e. The highest BCUT2D eigenvalue weighted by molar-refractivity contribution is 6.09. The van der Waals surface area contributed by atoms with Crippen molar-refractivity contribution in [1.82, 2.24) is 4.57 Å². The van der Waals surface area contributed by atoms with E-state index in [9.17, 15) is 0 Å². The fraction of sp³-hybridized carbons (Fsp3) is 0.0476. The second kappa shape index (κ2) is 15.6. The summed E-state index contributed by atoms with van der Waals surface area (Å²) in [5.74, 6) is 0. The molecule has 1 aliphatic rings. The van der Waals surface area contributed by atoms with Crippen LogP contribution in [0, 0.1) is 0 Å². The standard InChI is InChI=1S/C63H46N2/c1-63(2)57-25-13-9-24-55(57)62-56(47-33-39-51(40-34-47)65-60-27-15-11-22-53(60)54-23-12-16-28-61(54)65)41-48(42-58(62)63)52-21-10-14-26-59(52)64(49-35-29-45(30-36-49)43-17-5-3-6-18-43)50-37-31-46(32-38-50)44-19-7-4-8-20-44/h3-42H,1-2H3. The van der Waals surface area contributed by atoms with Gasteiger partial charge in [-0.15, -0.1) is 0 Å². The number of aromatic nitrogens is 1. The van der Waals surface area contributed by atoms with Crippen molar-refractivity contribution in [2.75, 3.05) is 4.90 Å². The number of benzene rings is 10. The summed E-state index contributed by atoms with van der Waals surface area (Å²) in [6.07, 6.45) is 0. The molecule has 308 valence electrons. The molecule has 0 fully saturated rings. The first kappa shape index (κ1) is 38.5. The predicted octanol–water partition coefficient (Wildman–Crippen LogP) is 17.2. The first-order valence-corrected chi connectivity index (χ1v) is 22.6. The number of hydrogen-bond donors (Lipinski definition) is 0. The van der Waals surface area contributed by atoms with Gasteiger partial charge in [-0.25, -0.2) is 0 Å². The lowest BCUT2D eigenvalue weighted by Gasteiger charge is -2.29. The zero-order chi connectivity index (χ0) is 43.5. The fourth-order valence-corrected chi connectivity index (χ4v) is 10.4. The monoisotopic (exact) mass is 830 g/mol. The molecule has 0 unspecified atom stereocenters. The number of hydrogen-bond acceptors (Lipinski definition) is 1. The summed E-state index contributed by atoms with van der Waals surface area (Å²) in [4.78, 5) is 2.42. The van der Waals surface area contributed by atoms with Crippen molar-refractivity contribution in [1.29, 1.82) is 0 Å². The molecule has 2 heteroatoms. The molecule has 12 rings (SSSR count). The topological polar surface area (TPSA) is 8.17 Å². The Labute approximate surface area is 381 Å². The Morgan fingerprint density at radius 2 is 0.800 bits per heavy atom. The van der Waals surface area contributed by atoms with Crippen molar-refractivity contribution in [2.45, 2.75) is 19.3 Å². The number of rotatable bonds is 8. The molecule has 0 atom stereocenters. The molecule has 0 amide bonds. The second-order valence-corrected chi connectivity index (χ2v) is 17.7. The summed E-state index contributed by atoms with van der Waals surface area (Å²) in [5, 5.41) is 2.53. The van der Waals surface area contributed by atoms with Crippen molar-refractivity contribution in [3.8, 4) is 61.3 Å². The van der Waals surface area contributed by atoms with Gasteiger partial charge in [-0.1, -0.05) is 190 Å². The van der Waals surface area contributed by atoms with Crippen molar-refractivity contribution < 1.29 is 0 Å². The molecule has 0 saturated carbocycles. The van der Waals surface area contributed by atoms with Gasteiger partial charge in [0.15, 0.2) is 0 Å². The third-order valence-electron chi connectivity index (χ3n) is 13.6. The molecule has 0 spiro atoms. The third kappa shape index (κ3) is 6.49. The quantitative estimate of drug-likeness (QED) is 0.148. The SMILES string of the molecule is CC1(C)c2ccccc2-c2c(-c3ccc(-n4c5ccccc5c5ccccc54)cc3)cc(-c3ccccc3N(c3ccc(-c4ccccc4)cc3)c3ccc(-c4ccccc4)cc3)cc21. The maximum absolute atomic E-state index is 2.47. The largest absolute Gasteiger partial charge is 0.310 e. The van der Waals surface area contributed by atoms with Gasteiger partial charge >= 0.3 is 0 Å². The van der Waals surface area contributed by atoms with Crippen LogP contribution >= 0.6 is 0 Å². The van der Waals surface area contributed by atoms with Crippen LogP contribution in [0.25, 0.3) is 83.1 Å². The summed E-state index contributed by atoms with van der Waals surface area (Å²) in [5.41, 5.74) is 21.6. The first-order valence-electron chi connectivity index (χ1n) is 22.6. The van der Waals surface area contributed by atoms with E-state index in [1.807, 2.05) is 0 Å². The van der Waals surface area contributed by atoms with E-state index in [2.05, 4.69) is 266 Å². The minimum atomic E-state index is -0.200. The lowest BCUT2D eigenvalue weighted by atomic mass is 9.80. The van der Waals surface area contributed by atoms with E-state index in [4.69, 9.17) is 0 Å². The van der Waals surface area contributed by atoms with E-state index in [-0.39, 0.29) is 5.41 Å². The van der Waals surface area contributed by atoms with Crippen molar-refractivity contribution in [2.24, 2.45) is 0 Å². The molecule has 0 saturated heterocycles. The summed E-state index contributed by atoms with van der Waals surface area (Å²) in [7, 11) is 0. The summed E-state index contributed by atoms with van der Waals surface area (Å²) < 4.78 is 2.40. The summed E-state index contributed by atoms with van der Waals surface area (Å²) in [6.45, 7) is 4.77. The van der Waals surface area contributed by atoms with E-state index in [1.165, 1.54) is 88.6 Å². The van der Waals surface area contributed by atoms with Gasteiger partial charge in [0.1, 0.15) is 0 Å². The Hall–Kier alpha value is -8.20. The van der Waals surface area contributed by atoms with Gasteiger partial charge in [0, 0.05) is 38.8 Å². The average Bonchev–Trinajstić information content (AvgIpc) is 3.83. The minimum Gasteiger partial charge on any atom is -0.310 e. The van der Waals surface area contributed by atoms with Crippen LogP contribution in [0.3, 0.4) is 0 Å². The molecule has 0 bridgehead atoms. The molecule has 1 aliphatic carbocycles. The highest BCUT2D eigenvalue weighted by Gasteiger charge is 2.37. The number of nitrogens with zero attached hydrogens (tertiary/aromatic N) is 2. The van der Waals surface area contributed by atoms with Crippen LogP contribution in [0.4, 0.5) is 17.1 Å². The number of para-hydroxylation sites is 3. The van der Waals surface area contributed by atoms with Crippen LogP contribution in [0.5, 0.6) is 0 Å². The van der Waals surface area contributed by atoms with Crippen LogP contribution in [0.2, 0.25) is 0 Å². The summed E-state index contributed by atoms with van der Waals surface area (Å²) >= 11 is 0. The second-order valence-electron chi connectivity index (χ2n) is 17.7. The predicted molar refractivity (Wildman–Crippen MR) is 275 cm³/mol. The van der Waals surface area contributed by atoms with Crippen LogP contribution in [-0.2, 0) is 5.41 Å². The highest BCUT2D eigenvalue weighted by Crippen LogP contribution is 2.54. The Bertz CT molecular complexity index is 3390. The molecular weight excluding hydrogens is 785 g/mol. The number of anilines is 3. The zero-order valence-corrected chi connectivity index (χ0v) is 36.5. The third-order valence-corrected chi connectivity index (χ3v) is 13.6.